The van der Waals surface area contributed by atoms with Crippen molar-refractivity contribution in [3.8, 4) is 0 Å². The first-order valence-electron chi connectivity index (χ1n) is 4.49. The predicted octanol–water partition coefficient (Wildman–Crippen LogP) is 4.08. The molecule has 0 aromatic heterocycles. The fourth-order valence-electron chi connectivity index (χ4n) is 0.495. The first-order chi connectivity index (χ1) is 5.95. The molecule has 0 N–H and O–H groups in total. The maximum absolute atomic E-state index is 2.23. The molecule has 0 fully saturated rings. The van der Waals surface area contributed by atoms with Crippen molar-refractivity contribution in [2.75, 3.05) is 0 Å². The van der Waals surface area contributed by atoms with Crippen molar-refractivity contribution in [1.82, 2.24) is 0 Å². The fourth-order valence-corrected chi connectivity index (χ4v) is 8.17. The SMILES string of the molecule is CC(C)=C(C)S[SiH2]SC(C)=C(C)C. The third kappa shape index (κ3) is 6.47. The number of rotatable bonds is 4. The third-order valence-corrected chi connectivity index (χ3v) is 9.30. The van der Waals surface area contributed by atoms with Crippen LogP contribution in [0, 0.1) is 0 Å². The average Bonchev–Trinajstić information content (AvgIpc) is 2.03. The van der Waals surface area contributed by atoms with Crippen LogP contribution >= 0.6 is 22.4 Å². The largest absolute Gasteiger partial charge is 0.157 e. The van der Waals surface area contributed by atoms with E-state index < -0.39 is 0 Å². The standard InChI is InChI=1S/C10H20S2Si/c1-7(2)9(5)11-13-12-10(6)8(3)4/h13H2,1-6H3. The molecule has 0 heterocycles. The molecule has 0 rings (SSSR count). The normalized spacial score (nSPS) is 9.69. The molecule has 0 atom stereocenters. The van der Waals surface area contributed by atoms with Crippen molar-refractivity contribution in [2.24, 2.45) is 0 Å². The van der Waals surface area contributed by atoms with Crippen molar-refractivity contribution >= 4 is 30.2 Å². The summed E-state index contributed by atoms with van der Waals surface area (Å²) in [6.07, 6.45) is 0. The minimum atomic E-state index is -0.0516. The Morgan fingerprint density at radius 1 is 0.692 bits per heavy atom. The Kier molecular flexibility index (Phi) is 7.00. The lowest BCUT2D eigenvalue weighted by Gasteiger charge is -2.04. The van der Waals surface area contributed by atoms with Crippen molar-refractivity contribution in [1.29, 1.82) is 0 Å². The molecule has 0 aliphatic rings. The maximum Gasteiger partial charge on any atom is 0.157 e. The molecular weight excluding hydrogens is 212 g/mol. The lowest BCUT2D eigenvalue weighted by molar-refractivity contribution is 1.35. The van der Waals surface area contributed by atoms with E-state index in [1.165, 1.54) is 21.0 Å². The summed E-state index contributed by atoms with van der Waals surface area (Å²) >= 11 is 4.16. The third-order valence-electron chi connectivity index (χ3n) is 1.96. The van der Waals surface area contributed by atoms with Gasteiger partial charge in [-0.05, 0) is 51.4 Å². The summed E-state index contributed by atoms with van der Waals surface area (Å²) in [7, 11) is -0.0516. The van der Waals surface area contributed by atoms with Crippen LogP contribution in [0.1, 0.15) is 41.5 Å². The van der Waals surface area contributed by atoms with Crippen molar-refractivity contribution < 1.29 is 0 Å². The van der Waals surface area contributed by atoms with Gasteiger partial charge in [0.15, 0.2) is 7.82 Å². The summed E-state index contributed by atoms with van der Waals surface area (Å²) < 4.78 is 0. The average molecular weight is 232 g/mol. The highest BCUT2D eigenvalue weighted by Crippen LogP contribution is 2.26. The molecule has 0 aliphatic heterocycles. The summed E-state index contributed by atoms with van der Waals surface area (Å²) in [6.45, 7) is 13.2. The van der Waals surface area contributed by atoms with Gasteiger partial charge in [0.05, 0.1) is 0 Å². The van der Waals surface area contributed by atoms with Crippen molar-refractivity contribution in [2.45, 2.75) is 41.5 Å². The summed E-state index contributed by atoms with van der Waals surface area (Å²) in [5, 5.41) is 0. The van der Waals surface area contributed by atoms with Crippen LogP contribution in [0.4, 0.5) is 0 Å². The van der Waals surface area contributed by atoms with E-state index in [0.29, 0.717) is 0 Å². The summed E-state index contributed by atoms with van der Waals surface area (Å²) in [5.41, 5.74) is 2.93. The van der Waals surface area contributed by atoms with Gasteiger partial charge in [-0.3, -0.25) is 0 Å². The molecular formula is C10H20S2Si. The van der Waals surface area contributed by atoms with Crippen LogP contribution in [0.5, 0.6) is 0 Å². The second-order valence-electron chi connectivity index (χ2n) is 3.52. The first kappa shape index (κ1) is 13.4. The quantitative estimate of drug-likeness (QED) is 0.670. The van der Waals surface area contributed by atoms with Crippen molar-refractivity contribution in [3.63, 3.8) is 0 Å². The van der Waals surface area contributed by atoms with Crippen LogP contribution in [0.2, 0.25) is 0 Å². The summed E-state index contributed by atoms with van der Waals surface area (Å²) in [4.78, 5) is 3.03. The Morgan fingerprint density at radius 2 is 1.00 bits per heavy atom. The van der Waals surface area contributed by atoms with Gasteiger partial charge in [0.2, 0.25) is 0 Å². The van der Waals surface area contributed by atoms with Gasteiger partial charge in [0.1, 0.15) is 0 Å². The second kappa shape index (κ2) is 6.79. The highest BCUT2D eigenvalue weighted by Gasteiger charge is 1.97. The van der Waals surface area contributed by atoms with Gasteiger partial charge in [-0.2, -0.15) is 22.4 Å². The van der Waals surface area contributed by atoms with E-state index in [0.717, 1.165) is 0 Å². The molecule has 0 saturated carbocycles. The smallest absolute Gasteiger partial charge is 0.150 e. The van der Waals surface area contributed by atoms with E-state index in [9.17, 15) is 0 Å². The summed E-state index contributed by atoms with van der Waals surface area (Å²) in [6, 6.07) is 0. The van der Waals surface area contributed by atoms with Crippen LogP contribution < -0.4 is 0 Å². The molecule has 0 spiro atoms. The molecule has 0 bridgehead atoms. The molecule has 0 unspecified atom stereocenters. The van der Waals surface area contributed by atoms with Crippen LogP contribution in [-0.4, -0.2) is 7.82 Å². The monoisotopic (exact) mass is 232 g/mol. The minimum absolute atomic E-state index is 0.0516. The number of hydrogen-bond acceptors (Lipinski definition) is 2. The lowest BCUT2D eigenvalue weighted by Crippen LogP contribution is -1.81. The van der Waals surface area contributed by atoms with Gasteiger partial charge in [-0.25, -0.2) is 0 Å². The maximum atomic E-state index is 2.23. The Morgan fingerprint density at radius 3 is 1.23 bits per heavy atom. The number of hydrogen-bond donors (Lipinski definition) is 0. The van der Waals surface area contributed by atoms with Crippen molar-refractivity contribution in [3.05, 3.63) is 21.0 Å². The van der Waals surface area contributed by atoms with E-state index >= 15 is 0 Å². The highest BCUT2D eigenvalue weighted by molar-refractivity contribution is 8.53. The Bertz CT molecular complexity index is 197. The first-order valence-corrected chi connectivity index (χ1v) is 9.92. The Balaban J connectivity index is 3.83. The van der Waals surface area contributed by atoms with Gasteiger partial charge in [-0.1, -0.05) is 11.1 Å². The van der Waals surface area contributed by atoms with Gasteiger partial charge in [0.25, 0.3) is 0 Å². The van der Waals surface area contributed by atoms with Crippen LogP contribution in [0.25, 0.3) is 0 Å². The molecule has 0 aliphatic carbocycles. The Labute approximate surface area is 92.8 Å². The molecule has 13 heavy (non-hydrogen) atoms. The topological polar surface area (TPSA) is 0 Å². The zero-order valence-electron chi connectivity index (χ0n) is 9.52. The van der Waals surface area contributed by atoms with Crippen LogP contribution in [-0.2, 0) is 0 Å². The molecule has 0 nitrogen and oxygen atoms in total. The van der Waals surface area contributed by atoms with Gasteiger partial charge >= 0.3 is 0 Å². The van der Waals surface area contributed by atoms with E-state index in [2.05, 4.69) is 64.0 Å². The Hall–Kier alpha value is 0.397. The zero-order chi connectivity index (χ0) is 10.4. The molecule has 0 saturated heterocycles. The van der Waals surface area contributed by atoms with E-state index in [-0.39, 0.29) is 7.82 Å². The minimum Gasteiger partial charge on any atom is -0.150 e. The molecule has 0 amide bonds. The molecule has 76 valence electrons. The predicted molar refractivity (Wildman–Crippen MR) is 71.8 cm³/mol. The van der Waals surface area contributed by atoms with Gasteiger partial charge < -0.3 is 0 Å². The van der Waals surface area contributed by atoms with Crippen LogP contribution in [0.15, 0.2) is 21.0 Å². The van der Waals surface area contributed by atoms with E-state index in [4.69, 9.17) is 0 Å². The molecule has 0 aromatic rings. The fraction of sp³-hybridized carbons (Fsp3) is 0.600. The van der Waals surface area contributed by atoms with Gasteiger partial charge in [-0.15, -0.1) is 0 Å². The lowest BCUT2D eigenvalue weighted by atomic mass is 10.3. The van der Waals surface area contributed by atoms with Gasteiger partial charge in [0, 0.05) is 0 Å². The number of allylic oxidation sites excluding steroid dienone is 4. The van der Waals surface area contributed by atoms with E-state index in [1.807, 2.05) is 0 Å². The second-order valence-corrected chi connectivity index (χ2v) is 10.1. The molecule has 0 aromatic carbocycles. The van der Waals surface area contributed by atoms with E-state index in [1.54, 1.807) is 0 Å². The highest BCUT2D eigenvalue weighted by atomic mass is 32.6. The molecule has 3 heteroatoms. The zero-order valence-corrected chi connectivity index (χ0v) is 12.6. The van der Waals surface area contributed by atoms with Crippen LogP contribution in [0.3, 0.4) is 0 Å². The molecule has 0 radical (unpaired) electrons. The summed E-state index contributed by atoms with van der Waals surface area (Å²) in [5.74, 6) is 0.